The number of hydrogen-bond acceptors (Lipinski definition) is 3. The van der Waals surface area contributed by atoms with Crippen molar-refractivity contribution in [3.8, 4) is 6.07 Å². The van der Waals surface area contributed by atoms with Crippen molar-refractivity contribution in [2.75, 3.05) is 6.54 Å². The van der Waals surface area contributed by atoms with Gasteiger partial charge in [0, 0.05) is 17.3 Å². The van der Waals surface area contributed by atoms with Gasteiger partial charge in [-0.05, 0) is 54.9 Å². The first kappa shape index (κ1) is 18.9. The van der Waals surface area contributed by atoms with E-state index in [-0.39, 0.29) is 5.41 Å². The first-order chi connectivity index (χ1) is 12.9. The number of benzene rings is 1. The summed E-state index contributed by atoms with van der Waals surface area (Å²) in [6.07, 6.45) is 10.7. The molecule has 0 aromatic heterocycles. The summed E-state index contributed by atoms with van der Waals surface area (Å²) < 4.78 is 0.399. The molecule has 1 aromatic rings. The van der Waals surface area contributed by atoms with Crippen molar-refractivity contribution in [1.82, 2.24) is 4.90 Å². The Kier molecular flexibility index (Phi) is 5.01. The molecule has 1 spiro atoms. The zero-order chi connectivity index (χ0) is 19.1. The lowest BCUT2D eigenvalue weighted by Crippen LogP contribution is -2.37. The fourth-order valence-corrected chi connectivity index (χ4v) is 6.50. The highest BCUT2D eigenvalue weighted by Gasteiger charge is 2.46. The van der Waals surface area contributed by atoms with Gasteiger partial charge in [0.25, 0.3) is 0 Å². The van der Waals surface area contributed by atoms with Gasteiger partial charge < -0.3 is 4.90 Å². The summed E-state index contributed by atoms with van der Waals surface area (Å²) in [4.78, 5) is 7.89. The van der Waals surface area contributed by atoms with Crippen molar-refractivity contribution in [2.45, 2.75) is 88.3 Å². The lowest BCUT2D eigenvalue weighted by atomic mass is 9.85. The lowest BCUT2D eigenvalue weighted by Gasteiger charge is -2.28. The Morgan fingerprint density at radius 2 is 1.85 bits per heavy atom. The Hall–Kier alpha value is -1.47. The molecular weight excluding hydrogens is 350 g/mol. The largest absolute Gasteiger partial charge is 0.347 e. The fraction of sp³-hybridized carbons (Fsp3) is 0.652. The molecule has 4 heteroatoms. The van der Waals surface area contributed by atoms with E-state index < -0.39 is 0 Å². The maximum absolute atomic E-state index is 9.33. The summed E-state index contributed by atoms with van der Waals surface area (Å²) in [6.45, 7) is 7.81. The van der Waals surface area contributed by atoms with Crippen LogP contribution in [0.15, 0.2) is 23.2 Å². The topological polar surface area (TPSA) is 39.4 Å². The van der Waals surface area contributed by atoms with Crippen LogP contribution < -0.4 is 0 Å². The van der Waals surface area contributed by atoms with Crippen molar-refractivity contribution in [3.63, 3.8) is 0 Å². The molecule has 144 valence electrons. The predicted molar refractivity (Wildman–Crippen MR) is 115 cm³/mol. The number of nitrogens with zero attached hydrogens (tertiary/aromatic N) is 3. The van der Waals surface area contributed by atoms with Gasteiger partial charge in [-0.2, -0.15) is 5.26 Å². The molecule has 4 rings (SSSR count). The summed E-state index contributed by atoms with van der Waals surface area (Å²) in [7, 11) is 0. The van der Waals surface area contributed by atoms with Crippen LogP contribution in [0.25, 0.3) is 0 Å². The molecule has 1 saturated heterocycles. The average Bonchev–Trinajstić information content (AvgIpc) is 3.37. The van der Waals surface area contributed by atoms with E-state index in [2.05, 4.69) is 49.6 Å². The van der Waals surface area contributed by atoms with Gasteiger partial charge in [-0.1, -0.05) is 58.2 Å². The number of hydrogen-bond donors (Lipinski definition) is 0. The van der Waals surface area contributed by atoms with E-state index in [9.17, 15) is 5.26 Å². The fourth-order valence-electron chi connectivity index (χ4n) is 4.94. The van der Waals surface area contributed by atoms with Crippen LogP contribution in [-0.4, -0.2) is 27.4 Å². The summed E-state index contributed by atoms with van der Waals surface area (Å²) in [6, 6.07) is 8.97. The molecule has 0 N–H and O–H groups in total. The van der Waals surface area contributed by atoms with Gasteiger partial charge in [0.15, 0.2) is 5.17 Å². The maximum atomic E-state index is 9.33. The highest BCUT2D eigenvalue weighted by molar-refractivity contribution is 8.15. The van der Waals surface area contributed by atoms with Crippen LogP contribution in [-0.2, 0) is 5.41 Å². The number of thioether (sulfide) groups is 1. The molecule has 0 unspecified atom stereocenters. The molecule has 0 bridgehead atoms. The van der Waals surface area contributed by atoms with Crippen molar-refractivity contribution >= 4 is 22.6 Å². The standard InChI is InChI=1S/C23H31N3S/c1-22(2,3)19-14-17(15-24)10-11-20(19)25-21-26(18-8-4-5-9-18)16-23(27-21)12-6-7-13-23/h10-11,14,18H,4-9,12-13,16H2,1-3H3/b25-21-. The SMILES string of the molecule is CC(C)(C)c1cc(C#N)ccc1/N=C1\SC2(CCCC2)CN1C1CCCC1. The van der Waals surface area contributed by atoms with Gasteiger partial charge >= 0.3 is 0 Å². The van der Waals surface area contributed by atoms with E-state index in [1.165, 1.54) is 68.6 Å². The molecule has 0 atom stereocenters. The third kappa shape index (κ3) is 3.76. The molecule has 1 heterocycles. The van der Waals surface area contributed by atoms with E-state index in [1.807, 2.05) is 12.1 Å². The zero-order valence-corrected chi connectivity index (χ0v) is 17.7. The molecule has 0 radical (unpaired) electrons. The zero-order valence-electron chi connectivity index (χ0n) is 16.9. The minimum atomic E-state index is -0.0290. The molecule has 2 aliphatic carbocycles. The first-order valence-corrected chi connectivity index (χ1v) is 11.3. The Morgan fingerprint density at radius 1 is 1.15 bits per heavy atom. The second-order valence-corrected chi connectivity index (χ2v) is 11.0. The van der Waals surface area contributed by atoms with E-state index in [4.69, 9.17) is 4.99 Å². The number of rotatable bonds is 2. The first-order valence-electron chi connectivity index (χ1n) is 10.5. The second-order valence-electron chi connectivity index (χ2n) is 9.55. The molecule has 27 heavy (non-hydrogen) atoms. The minimum Gasteiger partial charge on any atom is -0.347 e. The monoisotopic (exact) mass is 381 g/mol. The minimum absolute atomic E-state index is 0.0290. The second kappa shape index (κ2) is 7.17. The summed E-state index contributed by atoms with van der Waals surface area (Å²) in [5.74, 6) is 0. The van der Waals surface area contributed by atoms with E-state index in [0.29, 0.717) is 10.8 Å². The third-order valence-electron chi connectivity index (χ3n) is 6.44. The van der Waals surface area contributed by atoms with Gasteiger partial charge in [0.1, 0.15) is 0 Å². The van der Waals surface area contributed by atoms with Crippen molar-refractivity contribution in [1.29, 1.82) is 5.26 Å². The Morgan fingerprint density at radius 3 is 2.48 bits per heavy atom. The Bertz CT molecular complexity index is 772. The molecule has 1 aliphatic heterocycles. The van der Waals surface area contributed by atoms with Gasteiger partial charge in [-0.3, -0.25) is 0 Å². The van der Waals surface area contributed by atoms with Crippen LogP contribution in [0.3, 0.4) is 0 Å². The molecule has 3 aliphatic rings. The molecule has 3 fully saturated rings. The highest BCUT2D eigenvalue weighted by atomic mass is 32.2. The molecule has 2 saturated carbocycles. The van der Waals surface area contributed by atoms with Crippen LogP contribution in [0.1, 0.15) is 83.3 Å². The Balaban J connectivity index is 1.73. The Labute approximate surface area is 168 Å². The van der Waals surface area contributed by atoms with E-state index in [0.717, 1.165) is 11.3 Å². The highest BCUT2D eigenvalue weighted by Crippen LogP contribution is 2.50. The van der Waals surface area contributed by atoms with Crippen LogP contribution in [0, 0.1) is 11.3 Å². The van der Waals surface area contributed by atoms with Gasteiger partial charge in [-0.25, -0.2) is 4.99 Å². The van der Waals surface area contributed by atoms with Crippen LogP contribution >= 0.6 is 11.8 Å². The number of nitriles is 1. The van der Waals surface area contributed by atoms with Crippen LogP contribution in [0.2, 0.25) is 0 Å². The molecule has 1 aromatic carbocycles. The quantitative estimate of drug-likeness (QED) is 0.617. The molecule has 3 nitrogen and oxygen atoms in total. The molecule has 0 amide bonds. The number of amidine groups is 1. The lowest BCUT2D eigenvalue weighted by molar-refractivity contribution is 0.301. The summed E-state index contributed by atoms with van der Waals surface area (Å²) in [5.41, 5.74) is 2.91. The average molecular weight is 382 g/mol. The van der Waals surface area contributed by atoms with Crippen molar-refractivity contribution in [2.24, 2.45) is 4.99 Å². The van der Waals surface area contributed by atoms with Crippen molar-refractivity contribution in [3.05, 3.63) is 29.3 Å². The van der Waals surface area contributed by atoms with E-state index in [1.54, 1.807) is 0 Å². The number of aliphatic imine (C=N–C) groups is 1. The smallest absolute Gasteiger partial charge is 0.165 e. The van der Waals surface area contributed by atoms with Crippen LogP contribution in [0.4, 0.5) is 5.69 Å². The normalized spacial score (nSPS) is 24.2. The van der Waals surface area contributed by atoms with Gasteiger partial charge in [0.05, 0.1) is 17.3 Å². The van der Waals surface area contributed by atoms with Crippen LogP contribution in [0.5, 0.6) is 0 Å². The van der Waals surface area contributed by atoms with Gasteiger partial charge in [-0.15, -0.1) is 0 Å². The van der Waals surface area contributed by atoms with E-state index >= 15 is 0 Å². The predicted octanol–water partition coefficient (Wildman–Crippen LogP) is 6.15. The third-order valence-corrected chi connectivity index (χ3v) is 7.92. The maximum Gasteiger partial charge on any atom is 0.165 e. The van der Waals surface area contributed by atoms with Crippen molar-refractivity contribution < 1.29 is 0 Å². The van der Waals surface area contributed by atoms with Gasteiger partial charge in [0.2, 0.25) is 0 Å². The molecular formula is C23H31N3S. The summed E-state index contributed by atoms with van der Waals surface area (Å²) in [5, 5.41) is 10.6. The summed E-state index contributed by atoms with van der Waals surface area (Å²) >= 11 is 2.05.